The fourth-order valence-corrected chi connectivity index (χ4v) is 2.27. The Morgan fingerprint density at radius 2 is 1.94 bits per heavy atom. The summed E-state index contributed by atoms with van der Waals surface area (Å²) in [6.07, 6.45) is 1.83. The molecule has 98 valence electrons. The monoisotopic (exact) mass is 247 g/mol. The first-order chi connectivity index (χ1) is 8.58. The summed E-state index contributed by atoms with van der Waals surface area (Å²) in [6.45, 7) is 7.61. The third kappa shape index (κ3) is 2.84. The van der Waals surface area contributed by atoms with Gasteiger partial charge in [-0.25, -0.2) is 0 Å². The number of benzene rings is 1. The summed E-state index contributed by atoms with van der Waals surface area (Å²) in [5, 5.41) is 0. The molecule has 2 rings (SSSR count). The molecule has 0 aromatic heterocycles. The molecule has 0 aliphatic carbocycles. The van der Waals surface area contributed by atoms with Gasteiger partial charge in [0.2, 0.25) is 0 Å². The first-order valence-electron chi connectivity index (χ1n) is 6.60. The SMILES string of the molecule is Cc1ccc(C)c(OC(C)C(=O)N2CCCC2)c1. The minimum Gasteiger partial charge on any atom is -0.481 e. The van der Waals surface area contributed by atoms with Gasteiger partial charge >= 0.3 is 0 Å². The second kappa shape index (κ2) is 5.42. The van der Waals surface area contributed by atoms with E-state index in [0.717, 1.165) is 42.8 Å². The predicted octanol–water partition coefficient (Wildman–Crippen LogP) is 2.69. The summed E-state index contributed by atoms with van der Waals surface area (Å²) in [4.78, 5) is 14.0. The van der Waals surface area contributed by atoms with E-state index in [1.54, 1.807) is 0 Å². The van der Waals surface area contributed by atoms with Crippen LogP contribution in [-0.2, 0) is 4.79 Å². The minimum atomic E-state index is -0.399. The van der Waals surface area contributed by atoms with E-state index in [2.05, 4.69) is 6.07 Å². The quantitative estimate of drug-likeness (QED) is 0.822. The van der Waals surface area contributed by atoms with Gasteiger partial charge in [0.15, 0.2) is 6.10 Å². The standard InChI is InChI=1S/C15H21NO2/c1-11-6-7-12(2)14(10-11)18-13(3)15(17)16-8-4-5-9-16/h6-7,10,13H,4-5,8-9H2,1-3H3. The smallest absolute Gasteiger partial charge is 0.263 e. The molecule has 0 bridgehead atoms. The molecular formula is C15H21NO2. The topological polar surface area (TPSA) is 29.5 Å². The fraction of sp³-hybridized carbons (Fsp3) is 0.533. The van der Waals surface area contributed by atoms with Crippen LogP contribution in [0.15, 0.2) is 18.2 Å². The molecule has 3 nitrogen and oxygen atoms in total. The summed E-state index contributed by atoms with van der Waals surface area (Å²) < 4.78 is 5.81. The van der Waals surface area contributed by atoms with Gasteiger partial charge in [0.1, 0.15) is 5.75 Å². The number of hydrogen-bond donors (Lipinski definition) is 0. The first kappa shape index (κ1) is 12.9. The van der Waals surface area contributed by atoms with Crippen LogP contribution in [0.1, 0.15) is 30.9 Å². The van der Waals surface area contributed by atoms with E-state index < -0.39 is 6.10 Å². The van der Waals surface area contributed by atoms with Crippen LogP contribution < -0.4 is 4.74 Å². The van der Waals surface area contributed by atoms with Gasteiger partial charge in [-0.3, -0.25) is 4.79 Å². The van der Waals surface area contributed by atoms with Crippen molar-refractivity contribution in [2.45, 2.75) is 39.7 Å². The Bertz CT molecular complexity index is 436. The molecule has 18 heavy (non-hydrogen) atoms. The molecule has 0 N–H and O–H groups in total. The Morgan fingerprint density at radius 1 is 1.28 bits per heavy atom. The maximum Gasteiger partial charge on any atom is 0.263 e. The lowest BCUT2D eigenvalue weighted by Gasteiger charge is -2.22. The van der Waals surface area contributed by atoms with E-state index in [4.69, 9.17) is 4.74 Å². The van der Waals surface area contributed by atoms with Crippen LogP contribution in [0.3, 0.4) is 0 Å². The fourth-order valence-electron chi connectivity index (χ4n) is 2.27. The molecule has 0 saturated carbocycles. The predicted molar refractivity (Wildman–Crippen MR) is 71.8 cm³/mol. The van der Waals surface area contributed by atoms with E-state index in [9.17, 15) is 4.79 Å². The van der Waals surface area contributed by atoms with Crippen LogP contribution in [0, 0.1) is 13.8 Å². The molecular weight excluding hydrogens is 226 g/mol. The number of aryl methyl sites for hydroxylation is 2. The van der Waals surface area contributed by atoms with Crippen molar-refractivity contribution in [1.82, 2.24) is 4.90 Å². The van der Waals surface area contributed by atoms with E-state index in [1.807, 2.05) is 37.8 Å². The van der Waals surface area contributed by atoms with E-state index >= 15 is 0 Å². The first-order valence-corrected chi connectivity index (χ1v) is 6.60. The number of amides is 1. The Balaban J connectivity index is 2.03. The number of carbonyl (C=O) groups excluding carboxylic acids is 1. The maximum absolute atomic E-state index is 12.1. The van der Waals surface area contributed by atoms with Gasteiger partial charge in [0.25, 0.3) is 5.91 Å². The number of likely N-dealkylation sites (tertiary alicyclic amines) is 1. The zero-order valence-electron chi connectivity index (χ0n) is 11.4. The average molecular weight is 247 g/mol. The summed E-state index contributed by atoms with van der Waals surface area (Å²) in [6, 6.07) is 6.07. The summed E-state index contributed by atoms with van der Waals surface area (Å²) in [7, 11) is 0. The second-order valence-electron chi connectivity index (χ2n) is 5.06. The second-order valence-corrected chi connectivity index (χ2v) is 5.06. The number of hydrogen-bond acceptors (Lipinski definition) is 2. The average Bonchev–Trinajstić information content (AvgIpc) is 2.86. The number of ether oxygens (including phenoxy) is 1. The Labute approximate surface area is 109 Å². The molecule has 1 aliphatic heterocycles. The molecule has 1 atom stereocenters. The van der Waals surface area contributed by atoms with Gasteiger partial charge in [-0.2, -0.15) is 0 Å². The number of carbonyl (C=O) groups is 1. The van der Waals surface area contributed by atoms with Crippen molar-refractivity contribution in [3.05, 3.63) is 29.3 Å². The van der Waals surface area contributed by atoms with Crippen LogP contribution >= 0.6 is 0 Å². The summed E-state index contributed by atoms with van der Waals surface area (Å²) >= 11 is 0. The lowest BCUT2D eigenvalue weighted by Crippen LogP contribution is -2.38. The van der Waals surface area contributed by atoms with Gasteiger partial charge < -0.3 is 9.64 Å². The van der Waals surface area contributed by atoms with E-state index in [1.165, 1.54) is 0 Å². The lowest BCUT2D eigenvalue weighted by molar-refractivity contribution is -0.136. The molecule has 3 heteroatoms. The normalized spacial score (nSPS) is 16.7. The van der Waals surface area contributed by atoms with Crippen molar-refractivity contribution in [2.75, 3.05) is 13.1 Å². The highest BCUT2D eigenvalue weighted by Crippen LogP contribution is 2.21. The number of rotatable bonds is 3. The highest BCUT2D eigenvalue weighted by molar-refractivity contribution is 5.81. The third-order valence-corrected chi connectivity index (χ3v) is 3.41. The van der Waals surface area contributed by atoms with Crippen molar-refractivity contribution in [2.24, 2.45) is 0 Å². The minimum absolute atomic E-state index is 0.105. The molecule has 1 heterocycles. The summed E-state index contributed by atoms with van der Waals surface area (Å²) in [5.41, 5.74) is 2.22. The van der Waals surface area contributed by atoms with Crippen LogP contribution in [0.4, 0.5) is 0 Å². The molecule has 1 saturated heterocycles. The molecule has 1 unspecified atom stereocenters. The molecule has 0 radical (unpaired) electrons. The van der Waals surface area contributed by atoms with Crippen LogP contribution in [0.25, 0.3) is 0 Å². The highest BCUT2D eigenvalue weighted by atomic mass is 16.5. The molecule has 1 fully saturated rings. The van der Waals surface area contributed by atoms with Gasteiger partial charge in [-0.05, 0) is 50.8 Å². The molecule has 1 amide bonds. The van der Waals surface area contributed by atoms with Gasteiger partial charge in [-0.15, -0.1) is 0 Å². The van der Waals surface area contributed by atoms with Crippen molar-refractivity contribution in [1.29, 1.82) is 0 Å². The third-order valence-electron chi connectivity index (χ3n) is 3.41. The Kier molecular flexibility index (Phi) is 3.90. The Hall–Kier alpha value is -1.51. The van der Waals surface area contributed by atoms with E-state index in [0.29, 0.717) is 0 Å². The lowest BCUT2D eigenvalue weighted by atomic mass is 10.1. The largest absolute Gasteiger partial charge is 0.481 e. The van der Waals surface area contributed by atoms with Crippen LogP contribution in [-0.4, -0.2) is 30.0 Å². The molecule has 1 aromatic rings. The zero-order valence-corrected chi connectivity index (χ0v) is 11.4. The maximum atomic E-state index is 12.1. The van der Waals surface area contributed by atoms with Gasteiger partial charge in [0, 0.05) is 13.1 Å². The Morgan fingerprint density at radius 3 is 2.61 bits per heavy atom. The highest BCUT2D eigenvalue weighted by Gasteiger charge is 2.24. The van der Waals surface area contributed by atoms with Gasteiger partial charge in [0.05, 0.1) is 0 Å². The van der Waals surface area contributed by atoms with E-state index in [-0.39, 0.29) is 5.91 Å². The molecule has 0 spiro atoms. The van der Waals surface area contributed by atoms with Crippen LogP contribution in [0.2, 0.25) is 0 Å². The van der Waals surface area contributed by atoms with Gasteiger partial charge in [-0.1, -0.05) is 12.1 Å². The molecule has 1 aromatic carbocycles. The van der Waals surface area contributed by atoms with Crippen LogP contribution in [0.5, 0.6) is 5.75 Å². The summed E-state index contributed by atoms with van der Waals surface area (Å²) in [5.74, 6) is 0.920. The van der Waals surface area contributed by atoms with Crippen molar-refractivity contribution >= 4 is 5.91 Å². The zero-order chi connectivity index (χ0) is 13.1. The van der Waals surface area contributed by atoms with Crippen molar-refractivity contribution < 1.29 is 9.53 Å². The van der Waals surface area contributed by atoms with Crippen molar-refractivity contribution in [3.63, 3.8) is 0 Å². The molecule has 1 aliphatic rings. The number of nitrogens with zero attached hydrogens (tertiary/aromatic N) is 1. The van der Waals surface area contributed by atoms with Crippen molar-refractivity contribution in [3.8, 4) is 5.75 Å².